The van der Waals surface area contributed by atoms with Crippen LogP contribution in [0.3, 0.4) is 0 Å². The smallest absolute Gasteiger partial charge is 0.0446 e. The van der Waals surface area contributed by atoms with Crippen LogP contribution in [0.25, 0.3) is 0 Å². The number of nitrogens with zero attached hydrogens (tertiary/aromatic N) is 2. The monoisotopic (exact) mass is 346 g/mol. The standard InChI is InChI=1S/C14H22N2S4/c1-3-9-13-11(7-15(9)5-1)17-18-12-8-16-6-2-4-10(16)14(12)20-19-13/h9-14H,1-8H2. The van der Waals surface area contributed by atoms with Crippen LogP contribution in [-0.4, -0.2) is 69.1 Å². The van der Waals surface area contributed by atoms with E-state index >= 15 is 0 Å². The van der Waals surface area contributed by atoms with Crippen LogP contribution in [0, 0.1) is 0 Å². The highest BCUT2D eigenvalue weighted by Gasteiger charge is 2.51. The Morgan fingerprint density at radius 2 is 1.15 bits per heavy atom. The molecule has 112 valence electrons. The molecule has 5 rings (SSSR count). The summed E-state index contributed by atoms with van der Waals surface area (Å²) in [4.78, 5) is 5.58. The van der Waals surface area contributed by atoms with Crippen molar-refractivity contribution in [1.29, 1.82) is 0 Å². The molecule has 6 atom stereocenters. The highest BCUT2D eigenvalue weighted by molar-refractivity contribution is 8.80. The molecule has 0 aromatic heterocycles. The highest BCUT2D eigenvalue weighted by Crippen LogP contribution is 2.56. The first-order valence-corrected chi connectivity index (χ1v) is 12.6. The van der Waals surface area contributed by atoms with Crippen molar-refractivity contribution in [3.8, 4) is 0 Å². The molecule has 0 saturated carbocycles. The van der Waals surface area contributed by atoms with E-state index in [0.717, 1.165) is 33.1 Å². The second kappa shape index (κ2) is 5.45. The van der Waals surface area contributed by atoms with E-state index in [1.54, 1.807) is 0 Å². The first-order chi connectivity index (χ1) is 9.90. The minimum Gasteiger partial charge on any atom is -0.298 e. The van der Waals surface area contributed by atoms with Gasteiger partial charge >= 0.3 is 0 Å². The number of hydrogen-bond donors (Lipinski definition) is 0. The molecule has 2 nitrogen and oxygen atoms in total. The van der Waals surface area contributed by atoms with Crippen molar-refractivity contribution in [1.82, 2.24) is 9.80 Å². The Morgan fingerprint density at radius 1 is 0.650 bits per heavy atom. The molecular weight excluding hydrogens is 324 g/mol. The molecule has 0 amide bonds. The number of hydrogen-bond acceptors (Lipinski definition) is 6. The van der Waals surface area contributed by atoms with Gasteiger partial charge in [-0.25, -0.2) is 0 Å². The van der Waals surface area contributed by atoms with Gasteiger partial charge in [0.05, 0.1) is 0 Å². The Morgan fingerprint density at radius 3 is 1.65 bits per heavy atom. The van der Waals surface area contributed by atoms with E-state index in [1.807, 2.05) is 0 Å². The van der Waals surface area contributed by atoms with Crippen molar-refractivity contribution in [2.24, 2.45) is 0 Å². The fraction of sp³-hybridized carbons (Fsp3) is 1.00. The molecule has 5 aliphatic heterocycles. The summed E-state index contributed by atoms with van der Waals surface area (Å²) in [5, 5.41) is 3.58. The van der Waals surface area contributed by atoms with E-state index in [0.29, 0.717) is 0 Å². The number of rotatable bonds is 0. The third-order valence-corrected chi connectivity index (χ3v) is 12.9. The maximum absolute atomic E-state index is 2.79. The summed E-state index contributed by atoms with van der Waals surface area (Å²) in [5.41, 5.74) is 0. The van der Waals surface area contributed by atoms with Crippen LogP contribution >= 0.6 is 43.2 Å². The average Bonchev–Trinajstić information content (AvgIpc) is 3.12. The maximum atomic E-state index is 2.79. The summed E-state index contributed by atoms with van der Waals surface area (Å²) < 4.78 is 0. The molecule has 0 aliphatic carbocycles. The molecular formula is C14H22N2S4. The Hall–Kier alpha value is 1.32. The van der Waals surface area contributed by atoms with Gasteiger partial charge in [0.25, 0.3) is 0 Å². The van der Waals surface area contributed by atoms with Crippen LogP contribution in [0.15, 0.2) is 0 Å². The molecule has 0 aromatic carbocycles. The molecule has 0 spiro atoms. The Balaban J connectivity index is 1.35. The zero-order valence-electron chi connectivity index (χ0n) is 11.6. The van der Waals surface area contributed by atoms with E-state index in [9.17, 15) is 0 Å². The van der Waals surface area contributed by atoms with Crippen molar-refractivity contribution < 1.29 is 0 Å². The van der Waals surface area contributed by atoms with Gasteiger partial charge in [-0.2, -0.15) is 0 Å². The summed E-state index contributed by atoms with van der Waals surface area (Å²) in [6.07, 6.45) is 5.81. The molecule has 6 heteroatoms. The predicted molar refractivity (Wildman–Crippen MR) is 94.7 cm³/mol. The summed E-state index contributed by atoms with van der Waals surface area (Å²) >= 11 is 0. The average molecular weight is 347 g/mol. The highest BCUT2D eigenvalue weighted by atomic mass is 33.1. The predicted octanol–water partition coefficient (Wildman–Crippen LogP) is 3.19. The van der Waals surface area contributed by atoms with Crippen LogP contribution in [0.1, 0.15) is 25.7 Å². The lowest BCUT2D eigenvalue weighted by Gasteiger charge is -2.30. The Labute approximate surface area is 137 Å². The van der Waals surface area contributed by atoms with Crippen LogP contribution in [0.5, 0.6) is 0 Å². The molecule has 5 fully saturated rings. The summed E-state index contributed by atoms with van der Waals surface area (Å²) in [6.45, 7) is 5.48. The largest absolute Gasteiger partial charge is 0.298 e. The maximum Gasteiger partial charge on any atom is 0.0446 e. The van der Waals surface area contributed by atoms with Crippen LogP contribution in [0.2, 0.25) is 0 Å². The van der Waals surface area contributed by atoms with Gasteiger partial charge in [0.15, 0.2) is 0 Å². The third-order valence-electron chi connectivity index (χ3n) is 5.73. The van der Waals surface area contributed by atoms with Gasteiger partial charge in [-0.05, 0) is 38.8 Å². The van der Waals surface area contributed by atoms with Crippen LogP contribution in [-0.2, 0) is 0 Å². The molecule has 0 bridgehead atoms. The zero-order valence-corrected chi connectivity index (χ0v) is 14.9. The van der Waals surface area contributed by atoms with Gasteiger partial charge in [-0.15, -0.1) is 0 Å². The molecule has 20 heavy (non-hydrogen) atoms. The van der Waals surface area contributed by atoms with Gasteiger partial charge in [-0.3, -0.25) is 9.80 Å². The van der Waals surface area contributed by atoms with Crippen LogP contribution in [0.4, 0.5) is 0 Å². The molecule has 5 saturated heterocycles. The Bertz CT molecular complexity index is 359. The van der Waals surface area contributed by atoms with E-state index in [4.69, 9.17) is 0 Å². The van der Waals surface area contributed by atoms with E-state index in [1.165, 1.54) is 51.9 Å². The van der Waals surface area contributed by atoms with Crippen molar-refractivity contribution in [3.05, 3.63) is 0 Å². The summed E-state index contributed by atoms with van der Waals surface area (Å²) in [7, 11) is 9.08. The van der Waals surface area contributed by atoms with E-state index < -0.39 is 0 Å². The molecule has 0 N–H and O–H groups in total. The minimum atomic E-state index is 0.888. The first kappa shape index (κ1) is 13.7. The normalized spacial score (nSPS) is 52.2. The molecule has 5 heterocycles. The van der Waals surface area contributed by atoms with Gasteiger partial charge in [0.2, 0.25) is 0 Å². The minimum absolute atomic E-state index is 0.888. The molecule has 0 aromatic rings. The lowest BCUT2D eigenvalue weighted by molar-refractivity contribution is 0.327. The van der Waals surface area contributed by atoms with Crippen molar-refractivity contribution in [3.63, 3.8) is 0 Å². The molecule has 6 unspecified atom stereocenters. The van der Waals surface area contributed by atoms with Crippen molar-refractivity contribution in [2.75, 3.05) is 26.2 Å². The topological polar surface area (TPSA) is 6.48 Å². The first-order valence-electron chi connectivity index (χ1n) is 8.02. The SMILES string of the molecule is C1CC2C3SSC4C(CN5CCCC45)SSC3CN2C1. The van der Waals surface area contributed by atoms with Crippen molar-refractivity contribution >= 4 is 43.2 Å². The van der Waals surface area contributed by atoms with E-state index in [-0.39, 0.29) is 0 Å². The quantitative estimate of drug-likeness (QED) is 0.617. The summed E-state index contributed by atoms with van der Waals surface area (Å²) in [5.74, 6) is 0. The zero-order chi connectivity index (χ0) is 13.1. The molecule has 5 aliphatic rings. The lowest BCUT2D eigenvalue weighted by atomic mass is 10.1. The number of fused-ring (bicyclic) bond motifs is 6. The lowest BCUT2D eigenvalue weighted by Crippen LogP contribution is -2.31. The summed E-state index contributed by atoms with van der Waals surface area (Å²) in [6, 6.07) is 1.81. The van der Waals surface area contributed by atoms with Gasteiger partial charge < -0.3 is 0 Å². The van der Waals surface area contributed by atoms with Crippen molar-refractivity contribution in [2.45, 2.75) is 58.8 Å². The van der Waals surface area contributed by atoms with Crippen LogP contribution < -0.4 is 0 Å². The fourth-order valence-electron chi connectivity index (χ4n) is 4.76. The third kappa shape index (κ3) is 2.12. The second-order valence-electron chi connectivity index (χ2n) is 6.80. The van der Waals surface area contributed by atoms with Gasteiger partial charge in [0, 0.05) is 46.2 Å². The Kier molecular flexibility index (Phi) is 3.74. The fourth-order valence-corrected chi connectivity index (χ4v) is 13.5. The van der Waals surface area contributed by atoms with Gasteiger partial charge in [-0.1, -0.05) is 43.2 Å². The second-order valence-corrected chi connectivity index (χ2v) is 12.2. The van der Waals surface area contributed by atoms with E-state index in [2.05, 4.69) is 53.0 Å². The molecule has 0 radical (unpaired) electrons. The van der Waals surface area contributed by atoms with Gasteiger partial charge in [0.1, 0.15) is 0 Å².